The molecule has 0 aliphatic carbocycles. The van der Waals surface area contributed by atoms with Gasteiger partial charge in [0.1, 0.15) is 0 Å². The van der Waals surface area contributed by atoms with Gasteiger partial charge in [-0.25, -0.2) is 0 Å². The number of nitriles is 1. The largest absolute Gasteiger partial charge is 0.251 e. The van der Waals surface area contributed by atoms with Gasteiger partial charge in [0, 0.05) is 11.1 Å². The molecule has 1 aromatic carbocycles. The zero-order chi connectivity index (χ0) is 13.3. The van der Waals surface area contributed by atoms with Gasteiger partial charge in [0.05, 0.1) is 28.1 Å². The smallest absolute Gasteiger partial charge is 0.0909 e. The summed E-state index contributed by atoms with van der Waals surface area (Å²) >= 11 is 12.2. The predicted octanol–water partition coefficient (Wildman–Crippen LogP) is 4.73. The van der Waals surface area contributed by atoms with Crippen molar-refractivity contribution < 1.29 is 0 Å². The highest BCUT2D eigenvalue weighted by molar-refractivity contribution is 6.45. The van der Waals surface area contributed by atoms with E-state index in [0.29, 0.717) is 22.0 Å². The van der Waals surface area contributed by atoms with E-state index in [1.807, 2.05) is 12.1 Å². The van der Waals surface area contributed by atoms with Gasteiger partial charge >= 0.3 is 0 Å². The highest BCUT2D eigenvalue weighted by Crippen LogP contribution is 2.32. The summed E-state index contributed by atoms with van der Waals surface area (Å²) in [6, 6.07) is 7.75. The van der Waals surface area contributed by atoms with Gasteiger partial charge in [-0.2, -0.15) is 5.26 Å². The molecule has 1 heterocycles. The molecule has 4 heteroatoms. The maximum atomic E-state index is 8.90. The van der Waals surface area contributed by atoms with Crippen molar-refractivity contribution >= 4 is 34.1 Å². The first-order chi connectivity index (χ1) is 8.54. The summed E-state index contributed by atoms with van der Waals surface area (Å²) in [4.78, 5) is 4.55. The Morgan fingerprint density at radius 1 is 1.33 bits per heavy atom. The summed E-state index contributed by atoms with van der Waals surface area (Å²) < 4.78 is 0. The minimum Gasteiger partial charge on any atom is -0.251 e. The van der Waals surface area contributed by atoms with Gasteiger partial charge in [-0.05, 0) is 23.6 Å². The van der Waals surface area contributed by atoms with Crippen molar-refractivity contribution in [1.29, 1.82) is 5.26 Å². The standard InChI is InChI=1S/C14H12Cl2N2/c1-8(2)12-7-9(5-6-17)10-3-4-11(15)13(16)14(10)18-12/h3-4,7-8H,5H2,1-2H3. The minimum atomic E-state index is 0.280. The quantitative estimate of drug-likeness (QED) is 0.796. The fourth-order valence-electron chi connectivity index (χ4n) is 1.85. The molecule has 0 amide bonds. The van der Waals surface area contributed by atoms with Gasteiger partial charge in [-0.15, -0.1) is 0 Å². The number of aromatic nitrogens is 1. The van der Waals surface area contributed by atoms with Crippen LogP contribution in [0.1, 0.15) is 31.0 Å². The van der Waals surface area contributed by atoms with Crippen LogP contribution >= 0.6 is 23.2 Å². The van der Waals surface area contributed by atoms with Crippen LogP contribution in [0.4, 0.5) is 0 Å². The second-order valence-corrected chi connectivity index (χ2v) is 5.24. The number of fused-ring (bicyclic) bond motifs is 1. The average Bonchev–Trinajstić information content (AvgIpc) is 2.34. The van der Waals surface area contributed by atoms with Crippen molar-refractivity contribution in [1.82, 2.24) is 4.98 Å². The van der Waals surface area contributed by atoms with Gasteiger partial charge in [-0.3, -0.25) is 4.98 Å². The Bertz CT molecular complexity index is 642. The number of hydrogen-bond donors (Lipinski definition) is 0. The summed E-state index contributed by atoms with van der Waals surface area (Å²) in [6.07, 6.45) is 0.344. The van der Waals surface area contributed by atoms with Crippen molar-refractivity contribution in [2.75, 3.05) is 0 Å². The molecular formula is C14H12Cl2N2. The lowest BCUT2D eigenvalue weighted by atomic mass is 10.0. The molecule has 0 saturated heterocycles. The van der Waals surface area contributed by atoms with Crippen LogP contribution in [0.15, 0.2) is 18.2 Å². The topological polar surface area (TPSA) is 36.7 Å². The number of benzene rings is 1. The molecule has 2 aromatic rings. The zero-order valence-electron chi connectivity index (χ0n) is 10.2. The molecule has 0 N–H and O–H groups in total. The van der Waals surface area contributed by atoms with Crippen molar-refractivity contribution in [3.05, 3.63) is 39.5 Å². The first-order valence-electron chi connectivity index (χ1n) is 5.69. The first-order valence-corrected chi connectivity index (χ1v) is 6.44. The summed E-state index contributed by atoms with van der Waals surface area (Å²) in [6.45, 7) is 4.12. The second-order valence-electron chi connectivity index (χ2n) is 4.45. The van der Waals surface area contributed by atoms with Crippen molar-refractivity contribution in [3.63, 3.8) is 0 Å². The van der Waals surface area contributed by atoms with Crippen LogP contribution in [0.3, 0.4) is 0 Å². The highest BCUT2D eigenvalue weighted by Gasteiger charge is 2.12. The Morgan fingerprint density at radius 2 is 2.06 bits per heavy atom. The maximum absolute atomic E-state index is 8.90. The van der Waals surface area contributed by atoms with Crippen molar-refractivity contribution in [3.8, 4) is 6.07 Å². The van der Waals surface area contributed by atoms with E-state index in [4.69, 9.17) is 28.5 Å². The monoisotopic (exact) mass is 278 g/mol. The fourth-order valence-corrected chi connectivity index (χ4v) is 2.21. The van der Waals surface area contributed by atoms with E-state index in [1.165, 1.54) is 0 Å². The van der Waals surface area contributed by atoms with E-state index in [2.05, 4.69) is 24.9 Å². The van der Waals surface area contributed by atoms with Crippen LogP contribution in [0.25, 0.3) is 10.9 Å². The molecule has 0 radical (unpaired) electrons. The molecule has 0 atom stereocenters. The van der Waals surface area contributed by atoms with E-state index < -0.39 is 0 Å². The summed E-state index contributed by atoms with van der Waals surface area (Å²) in [5, 5.41) is 10.7. The van der Waals surface area contributed by atoms with Crippen LogP contribution < -0.4 is 0 Å². The molecule has 0 aliphatic heterocycles. The molecule has 0 bridgehead atoms. The van der Waals surface area contributed by atoms with Crippen LogP contribution in [0.2, 0.25) is 10.0 Å². The lowest BCUT2D eigenvalue weighted by Crippen LogP contribution is -1.98. The second kappa shape index (κ2) is 5.14. The number of hydrogen-bond acceptors (Lipinski definition) is 2. The number of rotatable bonds is 2. The lowest BCUT2D eigenvalue weighted by Gasteiger charge is -2.11. The third-order valence-electron chi connectivity index (χ3n) is 2.84. The molecule has 18 heavy (non-hydrogen) atoms. The normalized spacial score (nSPS) is 10.9. The van der Waals surface area contributed by atoms with Crippen molar-refractivity contribution in [2.24, 2.45) is 0 Å². The minimum absolute atomic E-state index is 0.280. The molecule has 2 rings (SSSR count). The van der Waals surface area contributed by atoms with Crippen molar-refractivity contribution in [2.45, 2.75) is 26.2 Å². The Hall–Kier alpha value is -1.30. The molecular weight excluding hydrogens is 267 g/mol. The van der Waals surface area contributed by atoms with Crippen LogP contribution in [0.5, 0.6) is 0 Å². The SMILES string of the molecule is CC(C)c1cc(CC#N)c2ccc(Cl)c(Cl)c2n1. The molecule has 0 unspecified atom stereocenters. The van der Waals surface area contributed by atoms with Crippen LogP contribution in [-0.2, 0) is 6.42 Å². The third-order valence-corrected chi connectivity index (χ3v) is 3.63. The van der Waals surface area contributed by atoms with Gasteiger partial charge in [0.15, 0.2) is 0 Å². The van der Waals surface area contributed by atoms with E-state index in [1.54, 1.807) is 6.07 Å². The van der Waals surface area contributed by atoms with Gasteiger partial charge in [0.2, 0.25) is 0 Å². The molecule has 92 valence electrons. The molecule has 0 spiro atoms. The Morgan fingerprint density at radius 3 is 2.67 bits per heavy atom. The average molecular weight is 279 g/mol. The van der Waals surface area contributed by atoms with Gasteiger partial charge in [-0.1, -0.05) is 43.1 Å². The summed E-state index contributed by atoms with van der Waals surface area (Å²) in [5.41, 5.74) is 2.56. The Labute approximate surface area is 116 Å². The van der Waals surface area contributed by atoms with E-state index >= 15 is 0 Å². The van der Waals surface area contributed by atoms with E-state index in [0.717, 1.165) is 16.6 Å². The van der Waals surface area contributed by atoms with Gasteiger partial charge in [0.25, 0.3) is 0 Å². The molecule has 0 saturated carbocycles. The third kappa shape index (κ3) is 2.29. The number of nitrogens with zero attached hydrogens (tertiary/aromatic N) is 2. The first kappa shape index (κ1) is 13.1. The molecule has 0 aliphatic rings. The predicted molar refractivity (Wildman–Crippen MR) is 75.2 cm³/mol. The molecule has 1 aromatic heterocycles. The van der Waals surface area contributed by atoms with Crippen LogP contribution in [-0.4, -0.2) is 4.98 Å². The number of halogens is 2. The maximum Gasteiger partial charge on any atom is 0.0909 e. The molecule has 2 nitrogen and oxygen atoms in total. The highest BCUT2D eigenvalue weighted by atomic mass is 35.5. The Balaban J connectivity index is 2.82. The van der Waals surface area contributed by atoms with E-state index in [-0.39, 0.29) is 5.92 Å². The summed E-state index contributed by atoms with van der Waals surface area (Å²) in [5.74, 6) is 0.280. The zero-order valence-corrected chi connectivity index (χ0v) is 11.7. The summed E-state index contributed by atoms with van der Waals surface area (Å²) in [7, 11) is 0. The fraction of sp³-hybridized carbons (Fsp3) is 0.286. The Kier molecular flexibility index (Phi) is 3.75. The molecule has 0 fully saturated rings. The van der Waals surface area contributed by atoms with Crippen LogP contribution in [0, 0.1) is 11.3 Å². The van der Waals surface area contributed by atoms with E-state index in [9.17, 15) is 0 Å². The lowest BCUT2D eigenvalue weighted by molar-refractivity contribution is 0.827. The number of pyridine rings is 1. The van der Waals surface area contributed by atoms with Gasteiger partial charge < -0.3 is 0 Å².